The van der Waals surface area contributed by atoms with Gasteiger partial charge in [0.05, 0.1) is 0 Å². The molecular weight excluding hydrogens is 657 g/mol. The fourth-order valence-electron chi connectivity index (χ4n) is 7.57. The maximum absolute atomic E-state index is 6.64. The number of rotatable bonds is 4. The van der Waals surface area contributed by atoms with Gasteiger partial charge in [0.15, 0.2) is 23.1 Å². The molecule has 0 N–H and O–H groups in total. The highest BCUT2D eigenvalue weighted by atomic mass is 32.1. The van der Waals surface area contributed by atoms with E-state index in [0.717, 1.165) is 71.1 Å². The summed E-state index contributed by atoms with van der Waals surface area (Å²) in [4.78, 5) is 20.6. The molecule has 8 aromatic carbocycles. The molecular formula is C46H26N4OS. The number of hydrogen-bond acceptors (Lipinski definition) is 6. The lowest BCUT2D eigenvalue weighted by molar-refractivity contribution is 0.623. The highest BCUT2D eigenvalue weighted by molar-refractivity contribution is 7.25. The molecule has 11 rings (SSSR count). The summed E-state index contributed by atoms with van der Waals surface area (Å²) in [5.41, 5.74) is 5.38. The molecule has 0 fully saturated rings. The molecule has 3 heterocycles. The van der Waals surface area contributed by atoms with Crippen LogP contribution in [0.5, 0.6) is 0 Å². The second-order valence-corrected chi connectivity index (χ2v) is 14.1. The number of hydrogen-bond donors (Lipinski definition) is 0. The van der Waals surface area contributed by atoms with Gasteiger partial charge in [0.2, 0.25) is 5.89 Å². The molecule has 242 valence electrons. The molecule has 0 bridgehead atoms. The minimum atomic E-state index is 0.602. The van der Waals surface area contributed by atoms with Crippen molar-refractivity contribution in [1.29, 1.82) is 0 Å². The summed E-state index contributed by atoms with van der Waals surface area (Å²) in [6.45, 7) is 0. The first-order valence-electron chi connectivity index (χ1n) is 17.2. The summed E-state index contributed by atoms with van der Waals surface area (Å²) in [5, 5.41) is 8.80. The van der Waals surface area contributed by atoms with Gasteiger partial charge in [0.25, 0.3) is 0 Å². The molecule has 0 amide bonds. The van der Waals surface area contributed by atoms with E-state index in [1.54, 1.807) is 11.3 Å². The van der Waals surface area contributed by atoms with E-state index < -0.39 is 0 Å². The molecule has 0 aliphatic carbocycles. The molecule has 0 spiro atoms. The Balaban J connectivity index is 1.24. The Morgan fingerprint density at radius 1 is 0.404 bits per heavy atom. The topological polar surface area (TPSA) is 64.7 Å². The van der Waals surface area contributed by atoms with Gasteiger partial charge >= 0.3 is 0 Å². The van der Waals surface area contributed by atoms with Crippen LogP contribution in [0.4, 0.5) is 0 Å². The van der Waals surface area contributed by atoms with E-state index in [0.29, 0.717) is 23.4 Å². The van der Waals surface area contributed by atoms with E-state index >= 15 is 0 Å². The maximum atomic E-state index is 6.64. The zero-order valence-corrected chi connectivity index (χ0v) is 28.4. The summed E-state index contributed by atoms with van der Waals surface area (Å²) in [6, 6.07) is 54.5. The number of nitrogens with zero attached hydrogens (tertiary/aromatic N) is 4. The number of aromatic nitrogens is 4. The van der Waals surface area contributed by atoms with E-state index in [9.17, 15) is 0 Å². The normalized spacial score (nSPS) is 11.8. The number of benzene rings is 8. The summed E-state index contributed by atoms with van der Waals surface area (Å²) < 4.78 is 9.08. The van der Waals surface area contributed by atoms with Gasteiger partial charge in [0.1, 0.15) is 5.52 Å². The summed E-state index contributed by atoms with van der Waals surface area (Å²) >= 11 is 1.79. The Labute approximate surface area is 301 Å². The predicted octanol–water partition coefficient (Wildman–Crippen LogP) is 12.5. The van der Waals surface area contributed by atoms with Gasteiger partial charge in [-0.25, -0.2) is 19.9 Å². The van der Waals surface area contributed by atoms with Gasteiger partial charge in [-0.3, -0.25) is 0 Å². The monoisotopic (exact) mass is 682 g/mol. The van der Waals surface area contributed by atoms with E-state index in [2.05, 4.69) is 103 Å². The first-order chi connectivity index (χ1) is 25.8. The molecule has 52 heavy (non-hydrogen) atoms. The third-order valence-electron chi connectivity index (χ3n) is 9.93. The molecule has 0 unspecified atom stereocenters. The van der Waals surface area contributed by atoms with Gasteiger partial charge in [-0.2, -0.15) is 0 Å². The van der Waals surface area contributed by atoms with E-state index in [-0.39, 0.29) is 0 Å². The number of thiophene rings is 1. The summed E-state index contributed by atoms with van der Waals surface area (Å²) in [7, 11) is 0. The van der Waals surface area contributed by atoms with Crippen molar-refractivity contribution in [3.63, 3.8) is 0 Å². The van der Waals surface area contributed by atoms with Crippen LogP contribution in [0.3, 0.4) is 0 Å². The molecule has 0 radical (unpaired) electrons. The SMILES string of the molecule is c1ccc(-c2nc(-c3cc4ccccc4c4c3ccc3ccc5nc(-c6ccccc6)oc5c34)nc(-c3cccc4sc5ccccc5c34)n2)cc1. The average molecular weight is 683 g/mol. The molecule has 0 saturated carbocycles. The first-order valence-corrected chi connectivity index (χ1v) is 18.0. The first kappa shape index (κ1) is 29.0. The Bertz CT molecular complexity index is 3190. The molecule has 0 aliphatic rings. The highest BCUT2D eigenvalue weighted by Gasteiger charge is 2.21. The van der Waals surface area contributed by atoms with Gasteiger partial charge < -0.3 is 4.42 Å². The van der Waals surface area contributed by atoms with E-state index in [4.69, 9.17) is 24.4 Å². The maximum Gasteiger partial charge on any atom is 0.227 e. The van der Waals surface area contributed by atoms with Gasteiger partial charge in [-0.05, 0) is 57.9 Å². The number of fused-ring (bicyclic) bond motifs is 10. The lowest BCUT2D eigenvalue weighted by atomic mass is 9.92. The van der Waals surface area contributed by atoms with Crippen LogP contribution in [0, 0.1) is 0 Å². The minimum absolute atomic E-state index is 0.602. The van der Waals surface area contributed by atoms with Crippen molar-refractivity contribution in [3.05, 3.63) is 158 Å². The number of oxazole rings is 1. The van der Waals surface area contributed by atoms with E-state index in [1.165, 1.54) is 14.8 Å². The second-order valence-electron chi connectivity index (χ2n) is 13.0. The van der Waals surface area contributed by atoms with Crippen LogP contribution >= 0.6 is 11.3 Å². The molecule has 5 nitrogen and oxygen atoms in total. The van der Waals surface area contributed by atoms with E-state index in [1.807, 2.05) is 54.6 Å². The third-order valence-corrected chi connectivity index (χ3v) is 11.1. The minimum Gasteiger partial charge on any atom is -0.435 e. The lowest BCUT2D eigenvalue weighted by Crippen LogP contribution is -2.01. The van der Waals surface area contributed by atoms with Crippen molar-refractivity contribution in [3.8, 4) is 45.6 Å². The van der Waals surface area contributed by atoms with Crippen molar-refractivity contribution in [1.82, 2.24) is 19.9 Å². The van der Waals surface area contributed by atoms with Crippen LogP contribution in [-0.4, -0.2) is 19.9 Å². The Hall–Kier alpha value is -6.76. The third kappa shape index (κ3) is 4.48. The van der Waals surface area contributed by atoms with Crippen LogP contribution in [0.1, 0.15) is 0 Å². The van der Waals surface area contributed by atoms with Crippen molar-refractivity contribution in [2.45, 2.75) is 0 Å². The smallest absolute Gasteiger partial charge is 0.227 e. The predicted molar refractivity (Wildman–Crippen MR) is 215 cm³/mol. The molecule has 3 aromatic heterocycles. The fraction of sp³-hybridized carbons (Fsp3) is 0. The van der Waals surface area contributed by atoms with Gasteiger partial charge in [-0.1, -0.05) is 121 Å². The molecule has 0 atom stereocenters. The second kappa shape index (κ2) is 11.4. The van der Waals surface area contributed by atoms with Crippen LogP contribution < -0.4 is 0 Å². The Morgan fingerprint density at radius 3 is 1.92 bits per heavy atom. The standard InChI is InChI=1S/C46H26N4OS/c1-3-12-28(13-4-1)43-48-44(34-19-11-21-38-40(34)33-18-9-10-20-37(33)52-38)50-45(49-43)35-26-30-16-7-8-17-31(30)41-32(35)24-22-27-23-25-36-42(39(27)41)51-46(47-36)29-14-5-2-6-15-29/h1-26H. The van der Waals surface area contributed by atoms with Crippen molar-refractivity contribution < 1.29 is 4.42 Å². The largest absolute Gasteiger partial charge is 0.435 e. The van der Waals surface area contributed by atoms with Gasteiger partial charge in [0, 0.05) is 53.2 Å². The molecule has 11 aromatic rings. The Morgan fingerprint density at radius 2 is 1.08 bits per heavy atom. The highest BCUT2D eigenvalue weighted by Crippen LogP contribution is 2.43. The van der Waals surface area contributed by atoms with Crippen molar-refractivity contribution in [2.75, 3.05) is 0 Å². The van der Waals surface area contributed by atoms with Crippen molar-refractivity contribution in [2.24, 2.45) is 0 Å². The summed E-state index contributed by atoms with van der Waals surface area (Å²) in [5.74, 6) is 2.49. The molecule has 6 heteroatoms. The van der Waals surface area contributed by atoms with Gasteiger partial charge in [-0.15, -0.1) is 11.3 Å². The van der Waals surface area contributed by atoms with Crippen LogP contribution in [0.15, 0.2) is 162 Å². The molecule has 0 aliphatic heterocycles. The van der Waals surface area contributed by atoms with Crippen LogP contribution in [0.2, 0.25) is 0 Å². The van der Waals surface area contributed by atoms with Crippen LogP contribution in [-0.2, 0) is 0 Å². The average Bonchev–Trinajstić information content (AvgIpc) is 3.83. The van der Waals surface area contributed by atoms with Crippen molar-refractivity contribution >= 4 is 74.9 Å². The van der Waals surface area contributed by atoms with Crippen LogP contribution in [0.25, 0.3) is 109 Å². The lowest BCUT2D eigenvalue weighted by Gasteiger charge is -2.14. The fourth-order valence-corrected chi connectivity index (χ4v) is 8.70. The Kier molecular flexibility index (Phi) is 6.35. The zero-order chi connectivity index (χ0) is 34.2. The quantitative estimate of drug-likeness (QED) is 0.173. The zero-order valence-electron chi connectivity index (χ0n) is 27.6. The summed E-state index contributed by atoms with van der Waals surface area (Å²) in [6.07, 6.45) is 0. The molecule has 0 saturated heterocycles.